The third-order valence-corrected chi connectivity index (χ3v) is 7.31. The van der Waals surface area contributed by atoms with E-state index in [1.165, 1.54) is 7.11 Å². The van der Waals surface area contributed by atoms with Crippen LogP contribution in [0.2, 0.25) is 0 Å². The second-order valence-corrected chi connectivity index (χ2v) is 10.7. The van der Waals surface area contributed by atoms with E-state index in [1.54, 1.807) is 43.6 Å². The van der Waals surface area contributed by atoms with Crippen molar-refractivity contribution in [2.75, 3.05) is 12.4 Å². The lowest BCUT2D eigenvalue weighted by molar-refractivity contribution is -0.116. The van der Waals surface area contributed by atoms with Crippen LogP contribution >= 0.6 is 0 Å². The predicted octanol–water partition coefficient (Wildman–Crippen LogP) is 4.57. The van der Waals surface area contributed by atoms with Crippen LogP contribution < -0.4 is 10.1 Å². The average molecular weight is 432 g/mol. The van der Waals surface area contributed by atoms with E-state index < -0.39 is 14.6 Å². The zero-order chi connectivity index (χ0) is 22.1. The molecule has 0 saturated carbocycles. The summed E-state index contributed by atoms with van der Waals surface area (Å²) in [5.74, 6) is 0.214. The van der Waals surface area contributed by atoms with Crippen molar-refractivity contribution < 1.29 is 19.4 Å². The number of pyridine rings is 1. The van der Waals surface area contributed by atoms with E-state index in [-0.39, 0.29) is 18.0 Å². The second kappa shape index (κ2) is 8.10. The van der Waals surface area contributed by atoms with Crippen LogP contribution in [-0.2, 0) is 14.6 Å². The minimum absolute atomic E-state index is 0. The van der Waals surface area contributed by atoms with Crippen LogP contribution in [0.3, 0.4) is 0 Å². The minimum atomic E-state index is -3.65. The number of sulfone groups is 1. The number of nitrogens with zero attached hydrogens (tertiary/aromatic N) is 2. The first-order valence-electron chi connectivity index (χ1n) is 9.78. The minimum Gasteiger partial charge on any atom is -0.495 e. The molecule has 1 aromatic carbocycles. The topological polar surface area (TPSA) is 89.8 Å². The number of hydrogen-bond acceptors (Lipinski definition) is 5. The fourth-order valence-corrected chi connectivity index (χ4v) is 4.41. The van der Waals surface area contributed by atoms with Gasteiger partial charge in [-0.1, -0.05) is 19.1 Å². The smallest absolute Gasteiger partial charge is 0.224 e. The predicted molar refractivity (Wildman–Crippen MR) is 120 cm³/mol. The van der Waals surface area contributed by atoms with Crippen LogP contribution in [0, 0.1) is 0 Å². The number of anilines is 1. The van der Waals surface area contributed by atoms with Gasteiger partial charge in [-0.05, 0) is 39.3 Å². The number of hydrogen-bond donors (Lipinski definition) is 1. The summed E-state index contributed by atoms with van der Waals surface area (Å²) >= 11 is 0. The molecular weight excluding hydrogens is 402 g/mol. The zero-order valence-electron chi connectivity index (χ0n) is 17.9. The number of amides is 1. The average Bonchev–Trinajstić information content (AvgIpc) is 3.09. The normalized spacial score (nSPS) is 12.2. The quantitative estimate of drug-likeness (QED) is 0.618. The van der Waals surface area contributed by atoms with Crippen LogP contribution in [0.1, 0.15) is 42.0 Å². The van der Waals surface area contributed by atoms with E-state index in [0.717, 1.165) is 12.0 Å². The van der Waals surface area contributed by atoms with Gasteiger partial charge in [0.15, 0.2) is 9.84 Å². The van der Waals surface area contributed by atoms with Crippen LogP contribution in [0.4, 0.5) is 5.69 Å². The summed E-state index contributed by atoms with van der Waals surface area (Å²) in [7, 11) is -2.20. The van der Waals surface area contributed by atoms with Gasteiger partial charge in [-0.3, -0.25) is 9.20 Å². The highest BCUT2D eigenvalue weighted by molar-refractivity contribution is 7.92. The summed E-state index contributed by atoms with van der Waals surface area (Å²) in [6, 6.07) is 9.01. The van der Waals surface area contributed by atoms with E-state index in [9.17, 15) is 13.2 Å². The molecule has 7 nitrogen and oxygen atoms in total. The van der Waals surface area contributed by atoms with E-state index in [1.807, 2.05) is 31.2 Å². The first-order chi connectivity index (χ1) is 14.1. The summed E-state index contributed by atoms with van der Waals surface area (Å²) < 4.78 is 32.3. The molecular formula is C22H29N3O4S. The molecule has 30 heavy (non-hydrogen) atoms. The maximum absolute atomic E-state index is 13.1. The van der Waals surface area contributed by atoms with Crippen molar-refractivity contribution in [3.05, 3.63) is 42.7 Å². The first kappa shape index (κ1) is 21.8. The maximum Gasteiger partial charge on any atom is 0.224 e. The van der Waals surface area contributed by atoms with E-state index in [4.69, 9.17) is 4.74 Å². The number of carbonyl (C=O) groups excluding carboxylic acids is 1. The van der Waals surface area contributed by atoms with Gasteiger partial charge in [0.05, 0.1) is 23.7 Å². The van der Waals surface area contributed by atoms with Gasteiger partial charge in [0.1, 0.15) is 16.3 Å². The van der Waals surface area contributed by atoms with Gasteiger partial charge in [0.25, 0.3) is 0 Å². The Kier molecular flexibility index (Phi) is 5.90. The number of fused-ring (bicyclic) bond motifs is 1. The fourth-order valence-electron chi connectivity index (χ4n) is 3.10. The molecule has 1 N–H and O–H groups in total. The van der Waals surface area contributed by atoms with Crippen molar-refractivity contribution in [3.63, 3.8) is 0 Å². The number of ether oxygens (including phenoxy) is 1. The summed E-state index contributed by atoms with van der Waals surface area (Å²) in [6.07, 6.45) is 4.45. The zero-order valence-corrected chi connectivity index (χ0v) is 18.7. The summed E-state index contributed by atoms with van der Waals surface area (Å²) in [4.78, 5) is 16.5. The molecule has 0 spiro atoms. The van der Waals surface area contributed by atoms with Gasteiger partial charge in [-0.2, -0.15) is 0 Å². The molecule has 0 bridgehead atoms. The molecule has 3 rings (SSSR count). The van der Waals surface area contributed by atoms with Gasteiger partial charge in [0.2, 0.25) is 5.91 Å². The van der Waals surface area contributed by atoms with Crippen LogP contribution in [0.15, 0.2) is 47.6 Å². The molecule has 0 saturated heterocycles. The molecule has 0 aliphatic heterocycles. The third-order valence-electron chi connectivity index (χ3n) is 4.81. The van der Waals surface area contributed by atoms with Gasteiger partial charge in [-0.25, -0.2) is 13.4 Å². The van der Waals surface area contributed by atoms with Crippen LogP contribution in [0.5, 0.6) is 5.75 Å². The van der Waals surface area contributed by atoms with E-state index in [0.29, 0.717) is 23.4 Å². The number of carbonyl (C=O) groups is 1. The van der Waals surface area contributed by atoms with Gasteiger partial charge >= 0.3 is 0 Å². The number of nitrogens with one attached hydrogen (secondary N) is 1. The Morgan fingerprint density at radius 3 is 2.63 bits per heavy atom. The standard InChI is InChI=1S/C22H27N3O4S.H2/c1-6-8-21(26)24-16-10-7-9-15(11-16)17-13-23-20-12-18(29-5)19(14-25(17)20)30(27,28)22(2,3)4;/h7,9-14H,6,8H2,1-5H3,(H,24,26);1H. The first-order valence-corrected chi connectivity index (χ1v) is 11.3. The molecule has 0 fully saturated rings. The summed E-state index contributed by atoms with van der Waals surface area (Å²) in [5.41, 5.74) is 2.76. The summed E-state index contributed by atoms with van der Waals surface area (Å²) in [5, 5.41) is 2.88. The monoisotopic (exact) mass is 431 g/mol. The van der Waals surface area contributed by atoms with Crippen molar-refractivity contribution in [2.45, 2.75) is 50.2 Å². The maximum atomic E-state index is 13.1. The Labute approximate surface area is 178 Å². The number of aromatic nitrogens is 2. The van der Waals surface area contributed by atoms with Gasteiger partial charge in [-0.15, -0.1) is 0 Å². The highest BCUT2D eigenvalue weighted by Gasteiger charge is 2.34. The van der Waals surface area contributed by atoms with Crippen LogP contribution in [-0.4, -0.2) is 35.6 Å². The molecule has 8 heteroatoms. The number of imidazole rings is 1. The van der Waals surface area contributed by atoms with Crippen molar-refractivity contribution in [2.24, 2.45) is 0 Å². The van der Waals surface area contributed by atoms with E-state index >= 15 is 0 Å². The van der Waals surface area contributed by atoms with Crippen molar-refractivity contribution in [3.8, 4) is 17.0 Å². The molecule has 0 radical (unpaired) electrons. The molecule has 0 aliphatic rings. The lowest BCUT2D eigenvalue weighted by Crippen LogP contribution is -2.28. The molecule has 0 aliphatic carbocycles. The Morgan fingerprint density at radius 2 is 2.00 bits per heavy atom. The third kappa shape index (κ3) is 4.05. The molecule has 2 heterocycles. The SMILES string of the molecule is CCCC(=O)Nc1cccc(-c2cnc3cc(OC)c(S(=O)(=O)C(C)(C)C)cn23)c1.[HH]. The van der Waals surface area contributed by atoms with Gasteiger partial charge < -0.3 is 10.1 Å². The van der Waals surface area contributed by atoms with Crippen LogP contribution in [0.25, 0.3) is 16.9 Å². The number of methoxy groups -OCH3 is 1. The lowest BCUT2D eigenvalue weighted by Gasteiger charge is -2.21. The molecule has 162 valence electrons. The fraction of sp³-hybridized carbons (Fsp3) is 0.364. The number of rotatable bonds is 6. The van der Waals surface area contributed by atoms with E-state index in [2.05, 4.69) is 10.3 Å². The van der Waals surface area contributed by atoms with Crippen molar-refractivity contribution in [1.82, 2.24) is 9.38 Å². The lowest BCUT2D eigenvalue weighted by atomic mass is 10.1. The summed E-state index contributed by atoms with van der Waals surface area (Å²) in [6.45, 7) is 6.92. The molecule has 3 aromatic rings. The Hall–Kier alpha value is -2.87. The second-order valence-electron chi connectivity index (χ2n) is 8.07. The molecule has 1 amide bonds. The Bertz CT molecular complexity index is 1200. The largest absolute Gasteiger partial charge is 0.495 e. The molecule has 0 unspecified atom stereocenters. The Morgan fingerprint density at radius 1 is 1.27 bits per heavy atom. The number of benzene rings is 1. The Balaban J connectivity index is 0.00000341. The molecule has 2 aromatic heterocycles. The van der Waals surface area contributed by atoms with Crippen molar-refractivity contribution in [1.29, 1.82) is 0 Å². The van der Waals surface area contributed by atoms with Gasteiger partial charge in [0, 0.05) is 31.4 Å². The highest BCUT2D eigenvalue weighted by atomic mass is 32.2. The van der Waals surface area contributed by atoms with Crippen molar-refractivity contribution >= 4 is 27.1 Å². The highest BCUT2D eigenvalue weighted by Crippen LogP contribution is 2.34. The molecule has 0 atom stereocenters.